The van der Waals surface area contributed by atoms with Gasteiger partial charge in [-0.3, -0.25) is 0 Å². The SMILES string of the molecule is CCCCOC(=O)c1ccc(NC2CS(=O)(=O)CC2O)cc1. The molecule has 0 amide bonds. The molecule has 0 radical (unpaired) electrons. The maximum Gasteiger partial charge on any atom is 0.338 e. The standard InChI is InChI=1S/C15H21NO5S/c1-2-3-8-21-15(18)11-4-6-12(7-5-11)16-13-9-22(19,20)10-14(13)17/h4-7,13-14,16-17H,2-3,8-10H2,1H3. The van der Waals surface area contributed by atoms with Crippen molar-refractivity contribution in [1.82, 2.24) is 0 Å². The van der Waals surface area contributed by atoms with Crippen molar-refractivity contribution in [3.63, 3.8) is 0 Å². The largest absolute Gasteiger partial charge is 0.462 e. The molecule has 2 unspecified atom stereocenters. The van der Waals surface area contributed by atoms with Crippen LogP contribution < -0.4 is 5.32 Å². The van der Waals surface area contributed by atoms with Crippen LogP contribution in [0.15, 0.2) is 24.3 Å². The maximum absolute atomic E-state index is 11.8. The zero-order valence-electron chi connectivity index (χ0n) is 12.5. The molecule has 7 heteroatoms. The van der Waals surface area contributed by atoms with E-state index < -0.39 is 22.0 Å². The number of benzene rings is 1. The third-order valence-electron chi connectivity index (χ3n) is 3.53. The predicted octanol–water partition coefficient (Wildman–Crippen LogP) is 1.21. The Morgan fingerprint density at radius 3 is 2.55 bits per heavy atom. The highest BCUT2D eigenvalue weighted by Crippen LogP contribution is 2.19. The number of carbonyl (C=O) groups is 1. The van der Waals surface area contributed by atoms with E-state index in [0.29, 0.717) is 17.9 Å². The molecule has 0 bridgehead atoms. The molecule has 1 heterocycles. The van der Waals surface area contributed by atoms with Gasteiger partial charge in [-0.1, -0.05) is 13.3 Å². The highest BCUT2D eigenvalue weighted by atomic mass is 32.2. The first kappa shape index (κ1) is 16.8. The number of hydrogen-bond donors (Lipinski definition) is 2. The third-order valence-corrected chi connectivity index (χ3v) is 5.24. The summed E-state index contributed by atoms with van der Waals surface area (Å²) in [7, 11) is -3.19. The molecule has 2 rings (SSSR count). The molecule has 22 heavy (non-hydrogen) atoms. The molecule has 0 aliphatic carbocycles. The number of sulfone groups is 1. The van der Waals surface area contributed by atoms with Gasteiger partial charge in [-0.05, 0) is 30.7 Å². The van der Waals surface area contributed by atoms with Gasteiger partial charge in [0.15, 0.2) is 9.84 Å². The lowest BCUT2D eigenvalue weighted by molar-refractivity contribution is 0.0499. The lowest BCUT2D eigenvalue weighted by Gasteiger charge is -2.16. The highest BCUT2D eigenvalue weighted by molar-refractivity contribution is 7.91. The van der Waals surface area contributed by atoms with Gasteiger partial charge < -0.3 is 15.2 Å². The van der Waals surface area contributed by atoms with E-state index in [0.717, 1.165) is 12.8 Å². The summed E-state index contributed by atoms with van der Waals surface area (Å²) in [6, 6.07) is 6.06. The quantitative estimate of drug-likeness (QED) is 0.603. The molecule has 0 spiro atoms. The minimum atomic E-state index is -3.19. The molecule has 1 aromatic carbocycles. The molecule has 6 nitrogen and oxygen atoms in total. The van der Waals surface area contributed by atoms with Crippen molar-refractivity contribution < 1.29 is 23.1 Å². The minimum Gasteiger partial charge on any atom is -0.462 e. The zero-order valence-corrected chi connectivity index (χ0v) is 13.3. The molecular weight excluding hydrogens is 306 g/mol. The summed E-state index contributed by atoms with van der Waals surface area (Å²) >= 11 is 0. The van der Waals surface area contributed by atoms with Gasteiger partial charge in [-0.15, -0.1) is 0 Å². The molecule has 1 aromatic rings. The number of carbonyl (C=O) groups excluding carboxylic acids is 1. The number of rotatable bonds is 6. The topological polar surface area (TPSA) is 92.7 Å². The van der Waals surface area contributed by atoms with Crippen LogP contribution in [0.25, 0.3) is 0 Å². The van der Waals surface area contributed by atoms with Crippen LogP contribution in [0.1, 0.15) is 30.1 Å². The number of hydrogen-bond acceptors (Lipinski definition) is 6. The molecule has 0 aromatic heterocycles. The van der Waals surface area contributed by atoms with Crippen LogP contribution in [0.4, 0.5) is 5.69 Å². The van der Waals surface area contributed by atoms with Gasteiger partial charge in [0.2, 0.25) is 0 Å². The number of nitrogens with one attached hydrogen (secondary N) is 1. The van der Waals surface area contributed by atoms with Gasteiger partial charge in [-0.2, -0.15) is 0 Å². The summed E-state index contributed by atoms with van der Waals surface area (Å²) in [6.45, 7) is 2.42. The molecule has 1 aliphatic rings. The number of anilines is 1. The molecule has 2 N–H and O–H groups in total. The Hall–Kier alpha value is -1.60. The summed E-state index contributed by atoms with van der Waals surface area (Å²) in [6.07, 6.45) is 0.881. The first-order chi connectivity index (χ1) is 10.4. The molecule has 0 saturated carbocycles. The third kappa shape index (κ3) is 4.45. The Morgan fingerprint density at radius 1 is 1.32 bits per heavy atom. The van der Waals surface area contributed by atoms with E-state index in [4.69, 9.17) is 4.74 Å². The number of aliphatic hydroxyl groups is 1. The first-order valence-electron chi connectivity index (χ1n) is 7.33. The molecule has 1 fully saturated rings. The second-order valence-electron chi connectivity index (χ2n) is 5.46. The minimum absolute atomic E-state index is 0.0883. The average molecular weight is 327 g/mol. The monoisotopic (exact) mass is 327 g/mol. The Bertz CT molecular complexity index is 611. The van der Waals surface area contributed by atoms with Crippen LogP contribution in [0.2, 0.25) is 0 Å². The molecule has 2 atom stereocenters. The number of esters is 1. The molecule has 1 saturated heterocycles. The zero-order chi connectivity index (χ0) is 16.2. The Labute approximate surface area is 130 Å². The summed E-state index contributed by atoms with van der Waals surface area (Å²) in [5.74, 6) is -0.676. The summed E-state index contributed by atoms with van der Waals surface area (Å²) < 4.78 is 28.0. The van der Waals surface area contributed by atoms with E-state index in [2.05, 4.69) is 5.32 Å². The number of ether oxygens (including phenoxy) is 1. The van der Waals surface area contributed by atoms with Crippen LogP contribution in [-0.4, -0.2) is 49.8 Å². The Balaban J connectivity index is 1.93. The van der Waals surface area contributed by atoms with E-state index >= 15 is 0 Å². The van der Waals surface area contributed by atoms with E-state index in [9.17, 15) is 18.3 Å². The van der Waals surface area contributed by atoms with E-state index in [1.54, 1.807) is 24.3 Å². The van der Waals surface area contributed by atoms with Gasteiger partial charge in [-0.25, -0.2) is 13.2 Å². The molecule has 122 valence electrons. The van der Waals surface area contributed by atoms with Crippen LogP contribution in [0, 0.1) is 0 Å². The highest BCUT2D eigenvalue weighted by Gasteiger charge is 2.36. The number of aliphatic hydroxyl groups excluding tert-OH is 1. The Morgan fingerprint density at radius 2 is 2.00 bits per heavy atom. The second kappa shape index (κ2) is 7.11. The first-order valence-corrected chi connectivity index (χ1v) is 9.15. The second-order valence-corrected chi connectivity index (χ2v) is 7.62. The summed E-state index contributed by atoms with van der Waals surface area (Å²) in [5.41, 5.74) is 1.10. The fourth-order valence-electron chi connectivity index (χ4n) is 2.28. The maximum atomic E-state index is 11.8. The lowest BCUT2D eigenvalue weighted by Crippen LogP contribution is -2.31. The lowest BCUT2D eigenvalue weighted by atomic mass is 10.1. The summed E-state index contributed by atoms with van der Waals surface area (Å²) in [4.78, 5) is 11.8. The van der Waals surface area contributed by atoms with Crippen molar-refractivity contribution in [2.75, 3.05) is 23.4 Å². The van der Waals surface area contributed by atoms with Gasteiger partial charge in [0.25, 0.3) is 0 Å². The van der Waals surface area contributed by atoms with E-state index in [1.807, 2.05) is 6.92 Å². The van der Waals surface area contributed by atoms with Gasteiger partial charge in [0.05, 0.1) is 35.8 Å². The van der Waals surface area contributed by atoms with E-state index in [1.165, 1.54) is 0 Å². The smallest absolute Gasteiger partial charge is 0.338 e. The van der Waals surface area contributed by atoms with Crippen molar-refractivity contribution in [2.45, 2.75) is 31.9 Å². The predicted molar refractivity (Wildman–Crippen MR) is 83.7 cm³/mol. The van der Waals surface area contributed by atoms with Crippen LogP contribution >= 0.6 is 0 Å². The van der Waals surface area contributed by atoms with Crippen molar-refractivity contribution in [3.8, 4) is 0 Å². The molecule has 1 aliphatic heterocycles. The normalized spacial score (nSPS) is 23.2. The van der Waals surface area contributed by atoms with Crippen molar-refractivity contribution in [1.29, 1.82) is 0 Å². The average Bonchev–Trinajstić information content (AvgIpc) is 2.72. The Kier molecular flexibility index (Phi) is 5.42. The van der Waals surface area contributed by atoms with Crippen LogP contribution in [0.5, 0.6) is 0 Å². The summed E-state index contributed by atoms with van der Waals surface area (Å²) in [5, 5.41) is 12.7. The van der Waals surface area contributed by atoms with Crippen molar-refractivity contribution in [3.05, 3.63) is 29.8 Å². The van der Waals surface area contributed by atoms with Crippen molar-refractivity contribution in [2.24, 2.45) is 0 Å². The molecular formula is C15H21NO5S. The fraction of sp³-hybridized carbons (Fsp3) is 0.533. The van der Waals surface area contributed by atoms with Gasteiger partial charge in [0, 0.05) is 5.69 Å². The van der Waals surface area contributed by atoms with Gasteiger partial charge in [0.1, 0.15) is 0 Å². The van der Waals surface area contributed by atoms with Crippen molar-refractivity contribution >= 4 is 21.5 Å². The van der Waals surface area contributed by atoms with Crippen LogP contribution in [0.3, 0.4) is 0 Å². The fourth-order valence-corrected chi connectivity index (χ4v) is 4.02. The van der Waals surface area contributed by atoms with E-state index in [-0.39, 0.29) is 17.5 Å². The number of unbranched alkanes of at least 4 members (excludes halogenated alkanes) is 1. The van der Waals surface area contributed by atoms with Crippen LogP contribution in [-0.2, 0) is 14.6 Å². The van der Waals surface area contributed by atoms with Gasteiger partial charge >= 0.3 is 5.97 Å².